The summed E-state index contributed by atoms with van der Waals surface area (Å²) in [5, 5.41) is 0. The molecule has 0 amide bonds. The van der Waals surface area contributed by atoms with Crippen molar-refractivity contribution in [2.45, 2.75) is 31.4 Å². The highest BCUT2D eigenvalue weighted by Crippen LogP contribution is 2.31. The van der Waals surface area contributed by atoms with Crippen LogP contribution in [0.3, 0.4) is 0 Å². The van der Waals surface area contributed by atoms with Crippen LogP contribution in [0.4, 0.5) is 0 Å². The van der Waals surface area contributed by atoms with Crippen LogP contribution in [-0.2, 0) is 4.74 Å². The van der Waals surface area contributed by atoms with E-state index in [-0.39, 0.29) is 0 Å². The van der Waals surface area contributed by atoms with Gasteiger partial charge in [0.05, 0.1) is 6.10 Å². The number of rotatable bonds is 1. The van der Waals surface area contributed by atoms with Crippen molar-refractivity contribution < 1.29 is 4.74 Å². The largest absolute Gasteiger partial charge is 0.381 e. The number of hydrogen-bond donors (Lipinski definition) is 0. The zero-order valence-electron chi connectivity index (χ0n) is 7.92. The predicted octanol–water partition coefficient (Wildman–Crippen LogP) is 1.43. The Morgan fingerprint density at radius 1 is 1.58 bits per heavy atom. The van der Waals surface area contributed by atoms with E-state index < -0.39 is 0 Å². The van der Waals surface area contributed by atoms with Crippen molar-refractivity contribution in [2.24, 2.45) is 0 Å². The van der Waals surface area contributed by atoms with E-state index in [1.54, 1.807) is 5.57 Å². The summed E-state index contributed by atoms with van der Waals surface area (Å²) in [5.74, 6) is 0. The van der Waals surface area contributed by atoms with Gasteiger partial charge in [-0.1, -0.05) is 11.6 Å². The molecule has 0 spiro atoms. The first kappa shape index (κ1) is 8.27. The maximum atomic E-state index is 5.38. The van der Waals surface area contributed by atoms with Crippen molar-refractivity contribution in [3.8, 4) is 0 Å². The second kappa shape index (κ2) is 3.19. The van der Waals surface area contributed by atoms with Gasteiger partial charge in [0.1, 0.15) is 0 Å². The van der Waals surface area contributed by atoms with Gasteiger partial charge < -0.3 is 4.74 Å². The monoisotopic (exact) mass is 167 g/mol. The summed E-state index contributed by atoms with van der Waals surface area (Å²) in [6.07, 6.45) is 6.43. The molecule has 0 aromatic rings. The fourth-order valence-corrected chi connectivity index (χ4v) is 2.30. The first-order chi connectivity index (χ1) is 5.81. The summed E-state index contributed by atoms with van der Waals surface area (Å²) < 4.78 is 5.38. The second-order valence-electron chi connectivity index (χ2n) is 3.85. The highest BCUT2D eigenvalue weighted by Gasteiger charge is 2.31. The van der Waals surface area contributed by atoms with Gasteiger partial charge in [0.15, 0.2) is 0 Å². The Bertz CT molecular complexity index is 200. The molecule has 0 radical (unpaired) electrons. The minimum absolute atomic E-state index is 0.458. The molecular formula is C10H17NO. The van der Waals surface area contributed by atoms with Gasteiger partial charge in [-0.25, -0.2) is 0 Å². The van der Waals surface area contributed by atoms with Crippen LogP contribution in [0.25, 0.3) is 0 Å². The Morgan fingerprint density at radius 3 is 3.17 bits per heavy atom. The molecule has 0 saturated carbocycles. The van der Waals surface area contributed by atoms with Gasteiger partial charge in [-0.05, 0) is 26.3 Å². The van der Waals surface area contributed by atoms with Crippen LogP contribution < -0.4 is 0 Å². The molecule has 1 aliphatic carbocycles. The van der Waals surface area contributed by atoms with Gasteiger partial charge in [0, 0.05) is 19.7 Å². The van der Waals surface area contributed by atoms with E-state index in [0.29, 0.717) is 12.1 Å². The third-order valence-electron chi connectivity index (χ3n) is 3.18. The number of methoxy groups -OCH3 is 1. The van der Waals surface area contributed by atoms with Gasteiger partial charge in [-0.2, -0.15) is 0 Å². The van der Waals surface area contributed by atoms with Gasteiger partial charge in [0.25, 0.3) is 0 Å². The highest BCUT2D eigenvalue weighted by atomic mass is 16.5. The van der Waals surface area contributed by atoms with Gasteiger partial charge in [-0.3, -0.25) is 4.90 Å². The molecule has 1 heterocycles. The number of nitrogens with zero attached hydrogens (tertiary/aromatic N) is 1. The lowest BCUT2D eigenvalue weighted by atomic mass is 9.93. The zero-order valence-corrected chi connectivity index (χ0v) is 7.92. The van der Waals surface area contributed by atoms with Crippen LogP contribution >= 0.6 is 0 Å². The van der Waals surface area contributed by atoms with Crippen molar-refractivity contribution in [3.05, 3.63) is 11.6 Å². The van der Waals surface area contributed by atoms with Gasteiger partial charge in [-0.15, -0.1) is 0 Å². The average molecular weight is 167 g/mol. The Kier molecular flexibility index (Phi) is 2.20. The summed E-state index contributed by atoms with van der Waals surface area (Å²) in [7, 11) is 4.03. The molecule has 0 aromatic heterocycles. The Hall–Kier alpha value is -0.340. The lowest BCUT2D eigenvalue weighted by Gasteiger charge is -2.28. The Balaban J connectivity index is 2.09. The molecule has 1 fully saturated rings. The number of ether oxygens (including phenoxy) is 1. The molecule has 2 aliphatic rings. The minimum atomic E-state index is 0.458. The molecule has 2 nitrogen and oxygen atoms in total. The molecule has 0 bridgehead atoms. The van der Waals surface area contributed by atoms with E-state index in [1.807, 2.05) is 7.11 Å². The molecule has 68 valence electrons. The number of likely N-dealkylation sites (N-methyl/N-ethyl adjacent to an activating group) is 1. The van der Waals surface area contributed by atoms with Crippen molar-refractivity contribution in [1.29, 1.82) is 0 Å². The third kappa shape index (κ3) is 1.29. The predicted molar refractivity (Wildman–Crippen MR) is 49.1 cm³/mol. The Labute approximate surface area is 74.2 Å². The summed E-state index contributed by atoms with van der Waals surface area (Å²) in [6, 6.07) is 0.684. The van der Waals surface area contributed by atoms with Crippen LogP contribution in [0.5, 0.6) is 0 Å². The van der Waals surface area contributed by atoms with Crippen molar-refractivity contribution in [1.82, 2.24) is 4.90 Å². The molecule has 12 heavy (non-hydrogen) atoms. The van der Waals surface area contributed by atoms with E-state index >= 15 is 0 Å². The molecule has 1 saturated heterocycles. The Morgan fingerprint density at radius 2 is 2.42 bits per heavy atom. The maximum absolute atomic E-state index is 5.38. The quantitative estimate of drug-likeness (QED) is 0.548. The zero-order chi connectivity index (χ0) is 8.55. The van der Waals surface area contributed by atoms with E-state index in [4.69, 9.17) is 4.74 Å². The van der Waals surface area contributed by atoms with E-state index in [9.17, 15) is 0 Å². The molecule has 0 unspecified atom stereocenters. The maximum Gasteiger partial charge on any atom is 0.0623 e. The normalized spacial score (nSPS) is 36.3. The van der Waals surface area contributed by atoms with Crippen LogP contribution in [0.1, 0.15) is 19.3 Å². The summed E-state index contributed by atoms with van der Waals surface area (Å²) in [4.78, 5) is 2.44. The standard InChI is InChI=1S/C10H17NO/c1-11-6-5-8-3-4-9(12-2)7-10(8)11/h3,9-10H,4-7H2,1-2H3/t9-,10-/m0/s1. The SMILES string of the molecule is CO[C@H]1CC=C2CCN(C)[C@H]2C1. The molecule has 0 N–H and O–H groups in total. The average Bonchev–Trinajstić information content (AvgIpc) is 2.47. The van der Waals surface area contributed by atoms with Gasteiger partial charge in [0.2, 0.25) is 0 Å². The first-order valence-electron chi connectivity index (χ1n) is 4.73. The lowest BCUT2D eigenvalue weighted by Crippen LogP contribution is -2.32. The van der Waals surface area contributed by atoms with E-state index in [1.165, 1.54) is 19.4 Å². The van der Waals surface area contributed by atoms with Gasteiger partial charge >= 0.3 is 0 Å². The fraction of sp³-hybridized carbons (Fsp3) is 0.800. The minimum Gasteiger partial charge on any atom is -0.381 e. The molecule has 2 heteroatoms. The van der Waals surface area contributed by atoms with Crippen molar-refractivity contribution in [3.63, 3.8) is 0 Å². The smallest absolute Gasteiger partial charge is 0.0623 e. The van der Waals surface area contributed by atoms with Crippen LogP contribution in [0, 0.1) is 0 Å². The second-order valence-corrected chi connectivity index (χ2v) is 3.85. The fourth-order valence-electron chi connectivity index (χ4n) is 2.30. The van der Waals surface area contributed by atoms with E-state index in [0.717, 1.165) is 6.42 Å². The van der Waals surface area contributed by atoms with Crippen molar-refractivity contribution >= 4 is 0 Å². The van der Waals surface area contributed by atoms with Crippen LogP contribution in [0.15, 0.2) is 11.6 Å². The molecule has 0 aromatic carbocycles. The topological polar surface area (TPSA) is 12.5 Å². The number of likely N-dealkylation sites (tertiary alicyclic amines) is 1. The first-order valence-corrected chi connectivity index (χ1v) is 4.73. The number of fused-ring (bicyclic) bond motifs is 1. The summed E-state index contributed by atoms with van der Waals surface area (Å²) >= 11 is 0. The summed E-state index contributed by atoms with van der Waals surface area (Å²) in [6.45, 7) is 1.23. The lowest BCUT2D eigenvalue weighted by molar-refractivity contribution is 0.0756. The number of hydrogen-bond acceptors (Lipinski definition) is 2. The molecule has 1 aliphatic heterocycles. The van der Waals surface area contributed by atoms with E-state index in [2.05, 4.69) is 18.0 Å². The third-order valence-corrected chi connectivity index (χ3v) is 3.18. The molecule has 2 atom stereocenters. The summed E-state index contributed by atoms with van der Waals surface area (Å²) in [5.41, 5.74) is 1.64. The van der Waals surface area contributed by atoms with Crippen LogP contribution in [0.2, 0.25) is 0 Å². The molecule has 2 rings (SSSR count). The highest BCUT2D eigenvalue weighted by molar-refractivity contribution is 5.19. The van der Waals surface area contributed by atoms with Crippen molar-refractivity contribution in [2.75, 3.05) is 20.7 Å². The van der Waals surface area contributed by atoms with Crippen LogP contribution in [-0.4, -0.2) is 37.7 Å². The molecular weight excluding hydrogens is 150 g/mol.